The first-order valence-corrected chi connectivity index (χ1v) is 5.07. The zero-order valence-corrected chi connectivity index (χ0v) is 9.56. The number of anilines is 1. The topological polar surface area (TPSA) is 12.0 Å². The Morgan fingerprint density at radius 3 is 2.36 bits per heavy atom. The lowest BCUT2D eigenvalue weighted by atomic mass is 10.2. The molecule has 0 aliphatic carbocycles. The average molecular weight is 315 g/mol. The largest absolute Gasteiger partial charge is 0.408 e. The highest BCUT2D eigenvalue weighted by Gasteiger charge is 2.36. The van der Waals surface area contributed by atoms with Gasteiger partial charge in [0.2, 0.25) is 0 Å². The van der Waals surface area contributed by atoms with Crippen molar-refractivity contribution in [3.63, 3.8) is 0 Å². The molecule has 5 heteroatoms. The fourth-order valence-corrected chi connectivity index (χ4v) is 1.44. The molecule has 1 rings (SSSR count). The van der Waals surface area contributed by atoms with Crippen LogP contribution in [0.5, 0.6) is 0 Å². The highest BCUT2D eigenvalue weighted by Crippen LogP contribution is 2.25. The van der Waals surface area contributed by atoms with Crippen molar-refractivity contribution in [1.29, 1.82) is 0 Å². The van der Waals surface area contributed by atoms with E-state index in [2.05, 4.69) is 5.32 Å². The lowest BCUT2D eigenvalue weighted by Gasteiger charge is -2.19. The molecule has 1 aromatic carbocycles. The molecule has 0 heterocycles. The molecule has 0 saturated heterocycles. The Morgan fingerprint density at radius 2 is 1.86 bits per heavy atom. The molecule has 0 fully saturated rings. The van der Waals surface area contributed by atoms with Crippen molar-refractivity contribution in [2.24, 2.45) is 0 Å². The second-order valence-corrected chi connectivity index (χ2v) is 4.05. The van der Waals surface area contributed by atoms with Gasteiger partial charge in [0.15, 0.2) is 0 Å². The minimum absolute atomic E-state index is 0.512. The molecular weight excluding hydrogens is 306 g/mol. The third-order valence-electron chi connectivity index (χ3n) is 1.74. The number of hydrogen-bond acceptors (Lipinski definition) is 1. The van der Waals surface area contributed by atoms with Gasteiger partial charge in [-0.05, 0) is 41.6 Å². The third-order valence-corrected chi connectivity index (χ3v) is 2.68. The molecule has 14 heavy (non-hydrogen) atoms. The van der Waals surface area contributed by atoms with Crippen molar-refractivity contribution in [3.8, 4) is 0 Å². The summed E-state index contributed by atoms with van der Waals surface area (Å²) in [6.45, 7) is 1.10. The molecule has 0 spiro atoms. The van der Waals surface area contributed by atoms with E-state index in [-0.39, 0.29) is 0 Å². The Kier molecular flexibility index (Phi) is 3.63. The summed E-state index contributed by atoms with van der Waals surface area (Å²) >= 11 is 1.99. The molecule has 1 unspecified atom stereocenters. The quantitative estimate of drug-likeness (QED) is 0.822. The molecule has 1 aromatic rings. The van der Waals surface area contributed by atoms with E-state index in [0.717, 1.165) is 10.5 Å². The first kappa shape index (κ1) is 11.6. The summed E-state index contributed by atoms with van der Waals surface area (Å²) in [5, 5.41) is 2.42. The van der Waals surface area contributed by atoms with E-state index in [1.165, 1.54) is 0 Å². The first-order valence-electron chi connectivity index (χ1n) is 3.99. The molecule has 1 nitrogen and oxygen atoms in total. The van der Waals surface area contributed by atoms with Gasteiger partial charge in [0, 0.05) is 9.26 Å². The van der Waals surface area contributed by atoms with Crippen molar-refractivity contribution in [3.05, 3.63) is 27.8 Å². The van der Waals surface area contributed by atoms with Gasteiger partial charge in [-0.15, -0.1) is 0 Å². The summed E-state index contributed by atoms with van der Waals surface area (Å²) in [5.74, 6) is 0. The molecule has 0 aliphatic heterocycles. The average Bonchev–Trinajstić information content (AvgIpc) is 2.07. The van der Waals surface area contributed by atoms with E-state index in [1.54, 1.807) is 24.3 Å². The number of nitrogens with one attached hydrogen (secondary N) is 1. The smallest absolute Gasteiger partial charge is 0.373 e. The summed E-state index contributed by atoms with van der Waals surface area (Å²) in [4.78, 5) is 0. The van der Waals surface area contributed by atoms with Crippen LogP contribution in [0.4, 0.5) is 18.9 Å². The van der Waals surface area contributed by atoms with Gasteiger partial charge >= 0.3 is 6.18 Å². The van der Waals surface area contributed by atoms with Crippen molar-refractivity contribution in [2.45, 2.75) is 19.1 Å². The van der Waals surface area contributed by atoms with Gasteiger partial charge < -0.3 is 5.32 Å². The minimum Gasteiger partial charge on any atom is -0.373 e. The van der Waals surface area contributed by atoms with E-state index in [9.17, 15) is 13.2 Å². The van der Waals surface area contributed by atoms with Gasteiger partial charge in [-0.1, -0.05) is 12.1 Å². The van der Waals surface area contributed by atoms with Crippen molar-refractivity contribution < 1.29 is 13.2 Å². The molecule has 0 aromatic heterocycles. The van der Waals surface area contributed by atoms with Gasteiger partial charge in [-0.2, -0.15) is 13.2 Å². The summed E-state index contributed by atoms with van der Waals surface area (Å²) in [6, 6.07) is 5.34. The molecule has 1 atom stereocenters. The maximum Gasteiger partial charge on any atom is 0.408 e. The van der Waals surface area contributed by atoms with E-state index >= 15 is 0 Å². The Morgan fingerprint density at radius 1 is 1.29 bits per heavy atom. The predicted octanol–water partition coefficient (Wildman–Crippen LogP) is 3.65. The third kappa shape index (κ3) is 3.04. The van der Waals surface area contributed by atoms with Gasteiger partial charge in [-0.3, -0.25) is 0 Å². The lowest BCUT2D eigenvalue weighted by molar-refractivity contribution is -0.138. The van der Waals surface area contributed by atoms with Gasteiger partial charge in [-0.25, -0.2) is 0 Å². The number of hydrogen-bond donors (Lipinski definition) is 1. The zero-order valence-electron chi connectivity index (χ0n) is 7.40. The highest BCUT2D eigenvalue weighted by atomic mass is 127. The van der Waals surface area contributed by atoms with Crippen LogP contribution in [0, 0.1) is 3.57 Å². The van der Waals surface area contributed by atoms with Gasteiger partial charge in [0.05, 0.1) is 0 Å². The van der Waals surface area contributed by atoms with Crippen LogP contribution in [0.25, 0.3) is 0 Å². The minimum atomic E-state index is -4.21. The van der Waals surface area contributed by atoms with E-state index in [4.69, 9.17) is 0 Å². The molecule has 0 amide bonds. The second kappa shape index (κ2) is 4.37. The normalized spacial score (nSPS) is 13.8. The van der Waals surface area contributed by atoms with Crippen LogP contribution in [0.1, 0.15) is 6.92 Å². The van der Waals surface area contributed by atoms with Crippen LogP contribution in [-0.2, 0) is 0 Å². The summed E-state index contributed by atoms with van der Waals surface area (Å²) in [6.07, 6.45) is -4.21. The maximum absolute atomic E-state index is 12.2. The molecule has 1 N–H and O–H groups in total. The van der Waals surface area contributed by atoms with Crippen LogP contribution in [-0.4, -0.2) is 12.2 Å². The maximum atomic E-state index is 12.2. The summed E-state index contributed by atoms with van der Waals surface area (Å²) in [5.41, 5.74) is 0.512. The SMILES string of the molecule is CC(Nc1ccccc1I)C(F)(F)F. The number of halogens is 4. The van der Waals surface area contributed by atoms with E-state index in [1.807, 2.05) is 22.6 Å². The van der Waals surface area contributed by atoms with Crippen LogP contribution in [0.15, 0.2) is 24.3 Å². The molecule has 0 saturated carbocycles. The monoisotopic (exact) mass is 315 g/mol. The Balaban J connectivity index is 2.75. The fourth-order valence-electron chi connectivity index (χ4n) is 0.893. The van der Waals surface area contributed by atoms with Crippen molar-refractivity contribution in [2.75, 3.05) is 5.32 Å². The zero-order chi connectivity index (χ0) is 10.8. The molecule has 0 radical (unpaired) electrons. The fraction of sp³-hybridized carbons (Fsp3) is 0.333. The number of alkyl halides is 3. The number of rotatable bonds is 2. The van der Waals surface area contributed by atoms with E-state index in [0.29, 0.717) is 5.69 Å². The predicted molar refractivity (Wildman–Crippen MR) is 58.3 cm³/mol. The first-order chi connectivity index (χ1) is 6.41. The van der Waals surface area contributed by atoms with Gasteiger partial charge in [0.1, 0.15) is 6.04 Å². The Bertz CT molecular complexity index is 311. The van der Waals surface area contributed by atoms with Crippen molar-refractivity contribution in [1.82, 2.24) is 0 Å². The Labute approximate surface area is 93.8 Å². The summed E-state index contributed by atoms with van der Waals surface area (Å²) in [7, 11) is 0. The summed E-state index contributed by atoms with van der Waals surface area (Å²) < 4.78 is 37.4. The lowest BCUT2D eigenvalue weighted by Crippen LogP contribution is -2.33. The number of benzene rings is 1. The van der Waals surface area contributed by atoms with Crippen molar-refractivity contribution >= 4 is 28.3 Å². The molecular formula is C9H9F3IN. The van der Waals surface area contributed by atoms with E-state index < -0.39 is 12.2 Å². The molecule has 0 aliphatic rings. The number of para-hydroxylation sites is 1. The van der Waals surface area contributed by atoms with Crippen LogP contribution >= 0.6 is 22.6 Å². The molecule has 0 bridgehead atoms. The van der Waals surface area contributed by atoms with Crippen LogP contribution in [0.3, 0.4) is 0 Å². The standard InChI is InChI=1S/C9H9F3IN/c1-6(9(10,11)12)14-8-5-3-2-4-7(8)13/h2-6,14H,1H3. The van der Waals surface area contributed by atoms with Crippen LogP contribution < -0.4 is 5.32 Å². The van der Waals surface area contributed by atoms with Gasteiger partial charge in [0.25, 0.3) is 0 Å². The molecule has 78 valence electrons. The Hall–Kier alpha value is -0.460. The highest BCUT2D eigenvalue weighted by molar-refractivity contribution is 14.1. The second-order valence-electron chi connectivity index (χ2n) is 2.89. The van der Waals surface area contributed by atoms with Crippen LogP contribution in [0.2, 0.25) is 0 Å².